The molecule has 0 aliphatic carbocycles. The number of carboxylic acid groups (broad SMARTS) is 1. The second-order valence-electron chi connectivity index (χ2n) is 4.49. The standard InChI is InChI=1S/C12H22N2O3/c1-3-5-9(4-2)14-7-6-13-12(17)10(14)8-11(15)16/h9-10H,3-8H2,1-2H3,(H,13,17)(H,15,16). The van der Waals surface area contributed by atoms with Crippen LogP contribution in [0.4, 0.5) is 0 Å². The number of rotatable bonds is 6. The number of carboxylic acids is 1. The molecular formula is C12H22N2O3. The van der Waals surface area contributed by atoms with Crippen LogP contribution in [0.3, 0.4) is 0 Å². The van der Waals surface area contributed by atoms with Crippen LogP contribution in [0.2, 0.25) is 0 Å². The molecule has 0 radical (unpaired) electrons. The van der Waals surface area contributed by atoms with E-state index in [9.17, 15) is 9.59 Å². The third-order valence-electron chi connectivity index (χ3n) is 3.30. The fourth-order valence-electron chi connectivity index (χ4n) is 2.48. The van der Waals surface area contributed by atoms with Crippen LogP contribution in [-0.2, 0) is 9.59 Å². The highest BCUT2D eigenvalue weighted by molar-refractivity contribution is 5.86. The minimum Gasteiger partial charge on any atom is -0.481 e. The fraction of sp³-hybridized carbons (Fsp3) is 0.833. The first kappa shape index (κ1) is 14.0. The van der Waals surface area contributed by atoms with E-state index in [-0.39, 0.29) is 12.3 Å². The highest BCUT2D eigenvalue weighted by Crippen LogP contribution is 2.18. The van der Waals surface area contributed by atoms with Gasteiger partial charge in [-0.3, -0.25) is 14.5 Å². The first-order chi connectivity index (χ1) is 8.10. The number of carbonyl (C=O) groups is 2. The van der Waals surface area contributed by atoms with Crippen molar-refractivity contribution in [3.05, 3.63) is 0 Å². The third kappa shape index (κ3) is 3.70. The predicted octanol–water partition coefficient (Wildman–Crippen LogP) is 0.840. The predicted molar refractivity (Wildman–Crippen MR) is 64.7 cm³/mol. The van der Waals surface area contributed by atoms with Gasteiger partial charge in [-0.15, -0.1) is 0 Å². The lowest BCUT2D eigenvalue weighted by molar-refractivity contribution is -0.144. The number of nitrogens with zero attached hydrogens (tertiary/aromatic N) is 1. The first-order valence-corrected chi connectivity index (χ1v) is 6.35. The van der Waals surface area contributed by atoms with Crippen molar-refractivity contribution in [3.63, 3.8) is 0 Å². The number of aliphatic carboxylic acids is 1. The van der Waals surface area contributed by atoms with Gasteiger partial charge in [0.1, 0.15) is 0 Å². The zero-order valence-corrected chi connectivity index (χ0v) is 10.6. The topological polar surface area (TPSA) is 69.6 Å². The quantitative estimate of drug-likeness (QED) is 0.724. The lowest BCUT2D eigenvalue weighted by Crippen LogP contribution is -2.58. The van der Waals surface area contributed by atoms with E-state index in [0.29, 0.717) is 12.6 Å². The van der Waals surface area contributed by atoms with E-state index in [4.69, 9.17) is 5.11 Å². The van der Waals surface area contributed by atoms with E-state index in [1.54, 1.807) is 0 Å². The smallest absolute Gasteiger partial charge is 0.305 e. The lowest BCUT2D eigenvalue weighted by atomic mass is 10.0. The summed E-state index contributed by atoms with van der Waals surface area (Å²) in [6, 6.07) is -0.187. The Labute approximate surface area is 102 Å². The van der Waals surface area contributed by atoms with Gasteiger partial charge in [0, 0.05) is 19.1 Å². The molecule has 5 heteroatoms. The highest BCUT2D eigenvalue weighted by Gasteiger charge is 2.34. The monoisotopic (exact) mass is 242 g/mol. The Morgan fingerprint density at radius 3 is 2.82 bits per heavy atom. The van der Waals surface area contributed by atoms with Crippen LogP contribution in [0.25, 0.3) is 0 Å². The van der Waals surface area contributed by atoms with Gasteiger partial charge in [-0.2, -0.15) is 0 Å². The van der Waals surface area contributed by atoms with Crippen molar-refractivity contribution in [2.75, 3.05) is 13.1 Å². The van der Waals surface area contributed by atoms with Crippen LogP contribution in [0.1, 0.15) is 39.5 Å². The summed E-state index contributed by atoms with van der Waals surface area (Å²) in [5, 5.41) is 11.6. The van der Waals surface area contributed by atoms with Crippen LogP contribution in [0.15, 0.2) is 0 Å². The summed E-state index contributed by atoms with van der Waals surface area (Å²) in [6.07, 6.45) is 2.92. The molecule has 2 N–H and O–H groups in total. The zero-order valence-electron chi connectivity index (χ0n) is 10.6. The van der Waals surface area contributed by atoms with Gasteiger partial charge in [0.25, 0.3) is 0 Å². The van der Waals surface area contributed by atoms with Gasteiger partial charge < -0.3 is 10.4 Å². The van der Waals surface area contributed by atoms with Crippen LogP contribution >= 0.6 is 0 Å². The van der Waals surface area contributed by atoms with E-state index in [1.165, 1.54) is 0 Å². The summed E-state index contributed by atoms with van der Waals surface area (Å²) >= 11 is 0. The van der Waals surface area contributed by atoms with Gasteiger partial charge in [-0.1, -0.05) is 20.3 Å². The molecule has 0 bridgehead atoms. The molecule has 98 valence electrons. The number of hydrogen-bond acceptors (Lipinski definition) is 3. The van der Waals surface area contributed by atoms with Crippen LogP contribution in [-0.4, -0.2) is 47.1 Å². The second kappa shape index (κ2) is 6.59. The van der Waals surface area contributed by atoms with Crippen molar-refractivity contribution in [1.29, 1.82) is 0 Å². The van der Waals surface area contributed by atoms with Crippen LogP contribution in [0.5, 0.6) is 0 Å². The molecule has 0 spiro atoms. The molecular weight excluding hydrogens is 220 g/mol. The highest BCUT2D eigenvalue weighted by atomic mass is 16.4. The summed E-state index contributed by atoms with van der Waals surface area (Å²) in [5.74, 6) is -1.06. The average molecular weight is 242 g/mol. The number of piperazine rings is 1. The lowest BCUT2D eigenvalue weighted by Gasteiger charge is -2.39. The van der Waals surface area contributed by atoms with Gasteiger partial charge in [-0.05, 0) is 12.8 Å². The van der Waals surface area contributed by atoms with Crippen molar-refractivity contribution < 1.29 is 14.7 Å². The summed E-state index contributed by atoms with van der Waals surface area (Å²) in [4.78, 5) is 24.6. The largest absolute Gasteiger partial charge is 0.481 e. The first-order valence-electron chi connectivity index (χ1n) is 6.35. The number of carbonyl (C=O) groups excluding carboxylic acids is 1. The van der Waals surface area contributed by atoms with Gasteiger partial charge in [0.2, 0.25) is 5.91 Å². The van der Waals surface area contributed by atoms with Crippen molar-refractivity contribution >= 4 is 11.9 Å². The van der Waals surface area contributed by atoms with Crippen LogP contribution in [0, 0.1) is 0 Å². The van der Waals surface area contributed by atoms with Crippen molar-refractivity contribution in [2.24, 2.45) is 0 Å². The minimum absolute atomic E-state index is 0.105. The molecule has 0 aromatic heterocycles. The summed E-state index contributed by atoms with van der Waals surface area (Å²) in [5.41, 5.74) is 0. The number of hydrogen-bond donors (Lipinski definition) is 2. The SMILES string of the molecule is CCCC(CC)N1CCNC(=O)C1CC(=O)O. The molecule has 17 heavy (non-hydrogen) atoms. The molecule has 1 rings (SSSR count). The molecule has 1 fully saturated rings. The van der Waals surface area contributed by atoms with Crippen LogP contribution < -0.4 is 5.32 Å². The van der Waals surface area contributed by atoms with Gasteiger partial charge in [0.15, 0.2) is 0 Å². The van der Waals surface area contributed by atoms with Gasteiger partial charge in [-0.25, -0.2) is 0 Å². The fourth-order valence-corrected chi connectivity index (χ4v) is 2.48. The normalized spacial score (nSPS) is 23.2. The van der Waals surface area contributed by atoms with E-state index < -0.39 is 12.0 Å². The molecule has 1 aliphatic heterocycles. The second-order valence-corrected chi connectivity index (χ2v) is 4.49. The maximum atomic E-state index is 11.7. The van der Waals surface area contributed by atoms with Crippen molar-refractivity contribution in [3.8, 4) is 0 Å². The molecule has 5 nitrogen and oxygen atoms in total. The number of nitrogens with one attached hydrogen (secondary N) is 1. The number of amides is 1. The van der Waals surface area contributed by atoms with E-state index in [1.807, 2.05) is 0 Å². The Morgan fingerprint density at radius 1 is 1.59 bits per heavy atom. The van der Waals surface area contributed by atoms with E-state index in [2.05, 4.69) is 24.1 Å². The maximum absolute atomic E-state index is 11.7. The van der Waals surface area contributed by atoms with Crippen molar-refractivity contribution in [1.82, 2.24) is 10.2 Å². The summed E-state index contributed by atoms with van der Waals surface area (Å²) in [7, 11) is 0. The molecule has 1 aliphatic rings. The molecule has 1 amide bonds. The van der Waals surface area contributed by atoms with E-state index in [0.717, 1.165) is 25.8 Å². The maximum Gasteiger partial charge on any atom is 0.305 e. The molecule has 2 atom stereocenters. The Hall–Kier alpha value is -1.10. The third-order valence-corrected chi connectivity index (χ3v) is 3.30. The van der Waals surface area contributed by atoms with Crippen molar-refractivity contribution in [2.45, 2.75) is 51.6 Å². The molecule has 0 aromatic rings. The molecule has 0 saturated carbocycles. The Balaban J connectivity index is 2.76. The Morgan fingerprint density at radius 2 is 2.29 bits per heavy atom. The zero-order chi connectivity index (χ0) is 12.8. The van der Waals surface area contributed by atoms with E-state index >= 15 is 0 Å². The van der Waals surface area contributed by atoms with Gasteiger partial charge in [0.05, 0.1) is 12.5 Å². The molecule has 2 unspecified atom stereocenters. The Kier molecular flexibility index (Phi) is 5.41. The molecule has 0 aromatic carbocycles. The molecule has 1 heterocycles. The summed E-state index contributed by atoms with van der Waals surface area (Å²) < 4.78 is 0. The molecule has 1 saturated heterocycles. The summed E-state index contributed by atoms with van der Waals surface area (Å²) in [6.45, 7) is 5.57. The average Bonchev–Trinajstić information content (AvgIpc) is 2.28. The minimum atomic E-state index is -0.914. The van der Waals surface area contributed by atoms with Gasteiger partial charge >= 0.3 is 5.97 Å². The Bertz CT molecular complexity index is 281.